The van der Waals surface area contributed by atoms with Crippen LogP contribution in [0.3, 0.4) is 0 Å². The number of ketones is 1. The highest BCUT2D eigenvalue weighted by Gasteiger charge is 2.26. The summed E-state index contributed by atoms with van der Waals surface area (Å²) in [5, 5.41) is 4.77. The lowest BCUT2D eigenvalue weighted by Gasteiger charge is -2.19. The zero-order chi connectivity index (χ0) is 23.1. The fraction of sp³-hybridized carbons (Fsp3) is 0.217. The van der Waals surface area contributed by atoms with Crippen LogP contribution in [0.1, 0.15) is 45.5 Å². The maximum atomic E-state index is 13.1. The van der Waals surface area contributed by atoms with Crippen molar-refractivity contribution in [2.75, 3.05) is 19.0 Å². The van der Waals surface area contributed by atoms with E-state index in [2.05, 4.69) is 10.3 Å². The molecule has 0 bridgehead atoms. The smallest absolute Gasteiger partial charge is 0.338 e. The van der Waals surface area contributed by atoms with E-state index in [1.54, 1.807) is 54.8 Å². The molecule has 9 heteroatoms. The van der Waals surface area contributed by atoms with Crippen LogP contribution in [0.4, 0.5) is 5.69 Å². The molecule has 0 spiro atoms. The van der Waals surface area contributed by atoms with Gasteiger partial charge < -0.3 is 19.5 Å². The molecule has 0 aliphatic heterocycles. The normalized spacial score (nSPS) is 11.3. The second kappa shape index (κ2) is 10.5. The number of hydrogen-bond acceptors (Lipinski definition) is 9. The third-order valence-corrected chi connectivity index (χ3v) is 5.38. The number of thiophene rings is 1. The van der Waals surface area contributed by atoms with Gasteiger partial charge in [0.05, 0.1) is 19.3 Å². The van der Waals surface area contributed by atoms with Crippen LogP contribution in [0.5, 0.6) is 11.6 Å². The number of esters is 2. The number of rotatable bonds is 9. The van der Waals surface area contributed by atoms with Crippen LogP contribution in [-0.4, -0.2) is 36.4 Å². The molecule has 0 aliphatic carbocycles. The molecule has 1 N–H and O–H groups in total. The summed E-state index contributed by atoms with van der Waals surface area (Å²) in [6.45, 7) is 3.39. The lowest BCUT2D eigenvalue weighted by atomic mass is 10.1. The van der Waals surface area contributed by atoms with Crippen molar-refractivity contribution in [1.82, 2.24) is 4.98 Å². The van der Waals surface area contributed by atoms with E-state index in [0.29, 0.717) is 27.6 Å². The number of benzene rings is 1. The summed E-state index contributed by atoms with van der Waals surface area (Å²) in [7, 11) is 1.49. The van der Waals surface area contributed by atoms with E-state index < -0.39 is 18.0 Å². The number of Topliss-reactive ketones (excluding diaryl/α,β-unsaturated/α-hetero) is 1. The average molecular weight is 455 g/mol. The maximum Gasteiger partial charge on any atom is 0.338 e. The minimum absolute atomic E-state index is 0.194. The molecule has 2 aromatic heterocycles. The fourth-order valence-electron chi connectivity index (χ4n) is 2.88. The van der Waals surface area contributed by atoms with E-state index in [1.165, 1.54) is 31.6 Å². The Morgan fingerprint density at radius 3 is 2.62 bits per heavy atom. The van der Waals surface area contributed by atoms with Gasteiger partial charge in [0.15, 0.2) is 17.6 Å². The molecule has 0 saturated heterocycles. The van der Waals surface area contributed by atoms with E-state index >= 15 is 0 Å². The summed E-state index contributed by atoms with van der Waals surface area (Å²) in [6, 6.07) is 10.5. The molecule has 166 valence electrons. The number of aromatic nitrogens is 1. The Labute approximate surface area is 189 Å². The van der Waals surface area contributed by atoms with Crippen LogP contribution in [0, 0.1) is 0 Å². The van der Waals surface area contributed by atoms with Crippen molar-refractivity contribution in [3.05, 3.63) is 70.0 Å². The number of ether oxygens (including phenoxy) is 3. The quantitative estimate of drug-likeness (QED) is 0.377. The highest BCUT2D eigenvalue weighted by atomic mass is 32.1. The van der Waals surface area contributed by atoms with Crippen molar-refractivity contribution < 1.29 is 28.6 Å². The van der Waals surface area contributed by atoms with Gasteiger partial charge >= 0.3 is 11.9 Å². The highest BCUT2D eigenvalue weighted by Crippen LogP contribution is 2.29. The Hall–Kier alpha value is -3.72. The zero-order valence-corrected chi connectivity index (χ0v) is 18.6. The summed E-state index contributed by atoms with van der Waals surface area (Å²) in [4.78, 5) is 41.5. The maximum absolute atomic E-state index is 13.1. The zero-order valence-electron chi connectivity index (χ0n) is 17.8. The monoisotopic (exact) mass is 454 g/mol. The fourth-order valence-corrected chi connectivity index (χ4v) is 3.60. The molecule has 8 nitrogen and oxygen atoms in total. The molecule has 32 heavy (non-hydrogen) atoms. The first-order valence-corrected chi connectivity index (χ1v) is 10.6. The Bertz CT molecular complexity index is 1110. The van der Waals surface area contributed by atoms with Gasteiger partial charge in [0.25, 0.3) is 0 Å². The van der Waals surface area contributed by atoms with E-state index in [0.717, 1.165) is 0 Å². The minimum atomic E-state index is -0.967. The van der Waals surface area contributed by atoms with Crippen LogP contribution < -0.4 is 14.8 Å². The largest absolute Gasteiger partial charge is 0.481 e. The Balaban J connectivity index is 1.91. The number of hydrogen-bond donors (Lipinski definition) is 1. The van der Waals surface area contributed by atoms with Gasteiger partial charge in [-0.3, -0.25) is 4.79 Å². The van der Waals surface area contributed by atoms with Crippen LogP contribution in [0.15, 0.2) is 54.0 Å². The van der Waals surface area contributed by atoms with Crippen LogP contribution >= 0.6 is 11.3 Å². The number of methoxy groups -OCH3 is 1. The molecular weight excluding hydrogens is 432 g/mol. The van der Waals surface area contributed by atoms with E-state index in [1.807, 2.05) is 0 Å². The third kappa shape index (κ3) is 5.50. The summed E-state index contributed by atoms with van der Waals surface area (Å²) in [5.41, 5.74) is 1.36. The van der Waals surface area contributed by atoms with E-state index in [4.69, 9.17) is 14.2 Å². The van der Waals surface area contributed by atoms with Gasteiger partial charge in [0, 0.05) is 30.4 Å². The third-order valence-electron chi connectivity index (χ3n) is 4.38. The molecule has 0 amide bonds. The Kier molecular flexibility index (Phi) is 7.56. The standard InChI is InChI=1S/C23H22N2O6S/c1-4-30-22(27)15-6-5-7-17(12-15)25-20(16-8-9-19(29-3)24-13-16)23(28)31-18-10-11-32-21(18)14(2)26/h5-13,20,25H,4H2,1-3H3. The number of anilines is 1. The molecule has 1 unspecified atom stereocenters. The first kappa shape index (κ1) is 23.0. The molecule has 1 atom stereocenters. The molecule has 3 rings (SSSR count). The van der Waals surface area contributed by atoms with Crippen molar-refractivity contribution >= 4 is 34.7 Å². The number of nitrogens with zero attached hydrogens (tertiary/aromatic N) is 1. The second-order valence-electron chi connectivity index (χ2n) is 6.60. The molecule has 1 aromatic carbocycles. The second-order valence-corrected chi connectivity index (χ2v) is 7.52. The van der Waals surface area contributed by atoms with Crippen molar-refractivity contribution in [1.29, 1.82) is 0 Å². The lowest BCUT2D eigenvalue weighted by Crippen LogP contribution is -2.26. The first-order valence-electron chi connectivity index (χ1n) is 9.76. The van der Waals surface area contributed by atoms with Crippen LogP contribution in [-0.2, 0) is 9.53 Å². The SMILES string of the molecule is CCOC(=O)c1cccc(NC(C(=O)Oc2ccsc2C(C)=O)c2ccc(OC)nc2)c1. The lowest BCUT2D eigenvalue weighted by molar-refractivity contribution is -0.135. The van der Waals surface area contributed by atoms with E-state index in [-0.39, 0.29) is 18.1 Å². The number of carbonyl (C=O) groups excluding carboxylic acids is 3. The number of carbonyl (C=O) groups is 3. The Morgan fingerprint density at radius 2 is 1.97 bits per heavy atom. The van der Waals surface area contributed by atoms with Gasteiger partial charge in [-0.1, -0.05) is 6.07 Å². The van der Waals surface area contributed by atoms with Crippen LogP contribution in [0.25, 0.3) is 0 Å². The first-order chi connectivity index (χ1) is 15.4. The summed E-state index contributed by atoms with van der Waals surface area (Å²) < 4.78 is 15.7. The highest BCUT2D eigenvalue weighted by molar-refractivity contribution is 7.12. The number of pyridine rings is 1. The van der Waals surface area contributed by atoms with Crippen LogP contribution in [0.2, 0.25) is 0 Å². The predicted octanol–water partition coefficient (Wildman–Crippen LogP) is 4.29. The minimum Gasteiger partial charge on any atom is -0.481 e. The van der Waals surface area contributed by atoms with Crippen molar-refractivity contribution in [2.45, 2.75) is 19.9 Å². The molecule has 0 fully saturated rings. The van der Waals surface area contributed by atoms with Gasteiger partial charge in [-0.15, -0.1) is 11.3 Å². The molecule has 2 heterocycles. The van der Waals surface area contributed by atoms with Crippen molar-refractivity contribution in [2.24, 2.45) is 0 Å². The molecule has 0 aliphatic rings. The van der Waals surface area contributed by atoms with Gasteiger partial charge in [-0.2, -0.15) is 0 Å². The van der Waals surface area contributed by atoms with Gasteiger partial charge in [-0.25, -0.2) is 14.6 Å². The van der Waals surface area contributed by atoms with E-state index in [9.17, 15) is 14.4 Å². The molecular formula is C23H22N2O6S. The number of nitrogens with one attached hydrogen (secondary N) is 1. The Morgan fingerprint density at radius 1 is 1.16 bits per heavy atom. The molecule has 0 saturated carbocycles. The predicted molar refractivity (Wildman–Crippen MR) is 120 cm³/mol. The van der Waals surface area contributed by atoms with Gasteiger partial charge in [0.1, 0.15) is 4.88 Å². The van der Waals surface area contributed by atoms with Crippen molar-refractivity contribution in [3.63, 3.8) is 0 Å². The summed E-state index contributed by atoms with van der Waals surface area (Å²) in [5.74, 6) is -0.714. The van der Waals surface area contributed by atoms with Gasteiger partial charge in [0.2, 0.25) is 5.88 Å². The summed E-state index contributed by atoms with van der Waals surface area (Å²) >= 11 is 1.20. The van der Waals surface area contributed by atoms with Gasteiger partial charge in [-0.05, 0) is 42.6 Å². The molecule has 3 aromatic rings. The summed E-state index contributed by atoms with van der Waals surface area (Å²) in [6.07, 6.45) is 1.49. The average Bonchev–Trinajstić information content (AvgIpc) is 3.26. The topological polar surface area (TPSA) is 104 Å². The molecule has 0 radical (unpaired) electrons. The van der Waals surface area contributed by atoms with Crippen molar-refractivity contribution in [3.8, 4) is 11.6 Å².